The van der Waals surface area contributed by atoms with Gasteiger partial charge in [-0.05, 0) is 18.2 Å². The number of hydrogen-bond donors (Lipinski definition) is 0. The van der Waals surface area contributed by atoms with Crippen molar-refractivity contribution in [3.63, 3.8) is 0 Å². The SMILES string of the molecule is CS(=O)(=O)n1ccc(-c2ccnc3ccccc23)n1. The van der Waals surface area contributed by atoms with Crippen LogP contribution in [0.4, 0.5) is 0 Å². The molecule has 1 aromatic carbocycles. The normalized spacial score (nSPS) is 11.8. The molecule has 0 saturated heterocycles. The second-order valence-corrected chi connectivity index (χ2v) is 6.05. The summed E-state index contributed by atoms with van der Waals surface area (Å²) in [6, 6.07) is 11.2. The first-order valence-electron chi connectivity index (χ1n) is 5.66. The van der Waals surface area contributed by atoms with E-state index >= 15 is 0 Å². The van der Waals surface area contributed by atoms with E-state index in [9.17, 15) is 8.42 Å². The quantitative estimate of drug-likeness (QED) is 0.715. The van der Waals surface area contributed by atoms with Crippen molar-refractivity contribution in [2.75, 3.05) is 6.26 Å². The maximum atomic E-state index is 11.4. The van der Waals surface area contributed by atoms with Gasteiger partial charge in [0.05, 0.1) is 17.5 Å². The third-order valence-electron chi connectivity index (χ3n) is 2.83. The molecule has 96 valence electrons. The summed E-state index contributed by atoms with van der Waals surface area (Å²) in [5, 5.41) is 5.05. The Morgan fingerprint density at radius 2 is 1.89 bits per heavy atom. The summed E-state index contributed by atoms with van der Waals surface area (Å²) in [6.07, 6.45) is 4.26. The molecule has 0 amide bonds. The first kappa shape index (κ1) is 11.9. The fraction of sp³-hybridized carbons (Fsp3) is 0.0769. The molecule has 0 radical (unpaired) electrons. The van der Waals surface area contributed by atoms with E-state index in [1.54, 1.807) is 12.3 Å². The molecule has 6 heteroatoms. The number of nitrogens with zero attached hydrogens (tertiary/aromatic N) is 3. The van der Waals surface area contributed by atoms with Gasteiger partial charge < -0.3 is 0 Å². The number of rotatable bonds is 2. The molecule has 2 heterocycles. The second kappa shape index (κ2) is 4.17. The van der Waals surface area contributed by atoms with Gasteiger partial charge in [0.25, 0.3) is 10.0 Å². The van der Waals surface area contributed by atoms with Crippen molar-refractivity contribution in [1.29, 1.82) is 0 Å². The van der Waals surface area contributed by atoms with Crippen molar-refractivity contribution in [1.82, 2.24) is 14.2 Å². The van der Waals surface area contributed by atoms with Crippen LogP contribution in [-0.4, -0.2) is 28.8 Å². The third-order valence-corrected chi connectivity index (χ3v) is 3.71. The summed E-state index contributed by atoms with van der Waals surface area (Å²) < 4.78 is 23.8. The molecule has 0 saturated carbocycles. The van der Waals surface area contributed by atoms with Crippen LogP contribution in [0.1, 0.15) is 0 Å². The minimum atomic E-state index is -3.35. The number of hydrogen-bond acceptors (Lipinski definition) is 4. The van der Waals surface area contributed by atoms with Crippen molar-refractivity contribution < 1.29 is 8.42 Å². The molecule has 19 heavy (non-hydrogen) atoms. The molecule has 0 aliphatic carbocycles. The number of benzene rings is 1. The van der Waals surface area contributed by atoms with Crippen LogP contribution in [0.25, 0.3) is 22.2 Å². The zero-order valence-electron chi connectivity index (χ0n) is 10.2. The molecule has 2 aromatic heterocycles. The molecule has 0 bridgehead atoms. The van der Waals surface area contributed by atoms with E-state index in [1.165, 1.54) is 6.20 Å². The van der Waals surface area contributed by atoms with Crippen LogP contribution in [-0.2, 0) is 10.0 Å². The number of pyridine rings is 1. The highest BCUT2D eigenvalue weighted by molar-refractivity contribution is 7.89. The first-order chi connectivity index (χ1) is 9.05. The zero-order valence-corrected chi connectivity index (χ0v) is 11.0. The molecule has 0 fully saturated rings. The summed E-state index contributed by atoms with van der Waals surface area (Å²) in [4.78, 5) is 4.27. The minimum Gasteiger partial charge on any atom is -0.256 e. The standard InChI is InChI=1S/C13H11N3O2S/c1-19(17,18)16-9-7-13(15-16)11-6-8-14-12-5-3-2-4-10(11)12/h2-9H,1H3. The largest absolute Gasteiger partial charge is 0.256 e. The lowest BCUT2D eigenvalue weighted by Crippen LogP contribution is -2.10. The van der Waals surface area contributed by atoms with E-state index in [4.69, 9.17) is 0 Å². The minimum absolute atomic E-state index is 0.615. The van der Waals surface area contributed by atoms with Crippen molar-refractivity contribution >= 4 is 20.9 Å². The molecule has 3 aromatic rings. The zero-order chi connectivity index (χ0) is 13.5. The molecule has 0 atom stereocenters. The Morgan fingerprint density at radius 1 is 1.11 bits per heavy atom. The Kier molecular flexibility index (Phi) is 2.60. The monoisotopic (exact) mass is 273 g/mol. The summed E-state index contributed by atoms with van der Waals surface area (Å²) >= 11 is 0. The number of aromatic nitrogens is 3. The number of para-hydroxylation sites is 1. The van der Waals surface area contributed by atoms with E-state index in [0.29, 0.717) is 5.69 Å². The molecule has 0 spiro atoms. The molecular formula is C13H11N3O2S. The van der Waals surface area contributed by atoms with Gasteiger partial charge >= 0.3 is 0 Å². The lowest BCUT2D eigenvalue weighted by molar-refractivity contribution is 0.586. The lowest BCUT2D eigenvalue weighted by atomic mass is 10.1. The average Bonchev–Trinajstić information content (AvgIpc) is 2.87. The van der Waals surface area contributed by atoms with Gasteiger partial charge in [-0.15, -0.1) is 0 Å². The highest BCUT2D eigenvalue weighted by Gasteiger charge is 2.11. The van der Waals surface area contributed by atoms with Crippen LogP contribution < -0.4 is 0 Å². The Hall–Kier alpha value is -2.21. The van der Waals surface area contributed by atoms with Gasteiger partial charge in [0.15, 0.2) is 0 Å². The Bertz CT molecular complexity index is 848. The molecule has 3 rings (SSSR count). The van der Waals surface area contributed by atoms with E-state index in [-0.39, 0.29) is 0 Å². The van der Waals surface area contributed by atoms with Crippen molar-refractivity contribution in [3.05, 3.63) is 48.8 Å². The van der Waals surface area contributed by atoms with Gasteiger partial charge in [-0.25, -0.2) is 8.42 Å². The average molecular weight is 273 g/mol. The van der Waals surface area contributed by atoms with E-state index in [2.05, 4.69) is 10.1 Å². The third kappa shape index (κ3) is 2.10. The molecule has 0 aliphatic heterocycles. The molecule has 5 nitrogen and oxygen atoms in total. The van der Waals surface area contributed by atoms with Gasteiger partial charge in [-0.1, -0.05) is 18.2 Å². The highest BCUT2D eigenvalue weighted by Crippen LogP contribution is 2.25. The number of fused-ring (bicyclic) bond motifs is 1. The summed E-state index contributed by atoms with van der Waals surface area (Å²) in [5.41, 5.74) is 2.34. The first-order valence-corrected chi connectivity index (χ1v) is 7.51. The maximum absolute atomic E-state index is 11.4. The van der Waals surface area contributed by atoms with Gasteiger partial charge in [0.1, 0.15) is 0 Å². The van der Waals surface area contributed by atoms with Crippen LogP contribution in [0.5, 0.6) is 0 Å². The van der Waals surface area contributed by atoms with Crippen LogP contribution in [0.3, 0.4) is 0 Å². The van der Waals surface area contributed by atoms with Crippen LogP contribution >= 0.6 is 0 Å². The van der Waals surface area contributed by atoms with Crippen molar-refractivity contribution in [2.45, 2.75) is 0 Å². The predicted octanol–water partition coefficient (Wildman–Crippen LogP) is 1.91. The van der Waals surface area contributed by atoms with Crippen LogP contribution in [0.2, 0.25) is 0 Å². The summed E-state index contributed by atoms with van der Waals surface area (Å²) in [7, 11) is -3.35. The van der Waals surface area contributed by atoms with Gasteiger partial charge in [0.2, 0.25) is 0 Å². The van der Waals surface area contributed by atoms with Crippen molar-refractivity contribution in [3.8, 4) is 11.3 Å². The Labute approximate surface area is 110 Å². The van der Waals surface area contributed by atoms with Crippen LogP contribution in [0, 0.1) is 0 Å². The summed E-state index contributed by atoms with van der Waals surface area (Å²) in [5.74, 6) is 0. The smallest absolute Gasteiger partial charge is 0.250 e. The molecular weight excluding hydrogens is 262 g/mol. The fourth-order valence-corrected chi connectivity index (χ4v) is 2.47. The van der Waals surface area contributed by atoms with Gasteiger partial charge in [-0.2, -0.15) is 9.19 Å². The summed E-state index contributed by atoms with van der Waals surface area (Å²) in [6.45, 7) is 0. The topological polar surface area (TPSA) is 64.8 Å². The predicted molar refractivity (Wildman–Crippen MR) is 73.2 cm³/mol. The Morgan fingerprint density at radius 3 is 2.63 bits per heavy atom. The van der Waals surface area contributed by atoms with E-state index in [1.807, 2.05) is 30.3 Å². The van der Waals surface area contributed by atoms with E-state index < -0.39 is 10.0 Å². The maximum Gasteiger partial charge on any atom is 0.250 e. The van der Waals surface area contributed by atoms with Crippen LogP contribution in [0.15, 0.2) is 48.8 Å². The van der Waals surface area contributed by atoms with Gasteiger partial charge in [-0.3, -0.25) is 4.98 Å². The fourth-order valence-electron chi connectivity index (χ4n) is 1.95. The molecule has 0 aliphatic rings. The van der Waals surface area contributed by atoms with Crippen molar-refractivity contribution in [2.24, 2.45) is 0 Å². The molecule has 0 N–H and O–H groups in total. The second-order valence-electron chi connectivity index (χ2n) is 4.21. The Balaban J connectivity index is 2.23. The molecule has 0 unspecified atom stereocenters. The highest BCUT2D eigenvalue weighted by atomic mass is 32.2. The van der Waals surface area contributed by atoms with E-state index in [0.717, 1.165) is 26.8 Å². The van der Waals surface area contributed by atoms with Gasteiger partial charge in [0, 0.05) is 23.3 Å². The lowest BCUT2D eigenvalue weighted by Gasteiger charge is -2.02.